The van der Waals surface area contributed by atoms with Crippen LogP contribution in [0.3, 0.4) is 0 Å². The van der Waals surface area contributed by atoms with Crippen molar-refractivity contribution < 1.29 is 59.6 Å². The van der Waals surface area contributed by atoms with Crippen molar-refractivity contribution in [2.24, 2.45) is 0 Å². The number of aromatic nitrogens is 6. The van der Waals surface area contributed by atoms with Gasteiger partial charge in [-0.1, -0.05) is 47.5 Å². The zero-order chi connectivity index (χ0) is 60.5. The maximum Gasteiger partial charge on any atom is 0.346 e. The molecular formula is C64H52Cl2F6N6O7. The van der Waals surface area contributed by atoms with Crippen molar-refractivity contribution in [3.05, 3.63) is 223 Å². The number of ether oxygens (including phenoxy) is 5. The van der Waals surface area contributed by atoms with Crippen LogP contribution in [-0.4, -0.2) is 66.4 Å². The molecule has 13 nitrogen and oxygen atoms in total. The molecule has 0 saturated heterocycles. The van der Waals surface area contributed by atoms with E-state index in [0.717, 1.165) is 36.4 Å². The van der Waals surface area contributed by atoms with E-state index in [1.807, 2.05) is 27.7 Å². The summed E-state index contributed by atoms with van der Waals surface area (Å²) in [6, 6.07) is 30.4. The standard InChI is InChI=1S/C64H52Cl2F6N6O7/c1-63(2,81-5)33-77-55-23-35(15-19-53(55)73-57(77)25-39-21-49(71)43(29-47(39)69)51-9-7-11-59(75-51)83-31-37-13-17-41(65)27-45(37)67)61(79)85-62(80)36-16-20-54-56(24-36)78(34-64(3,4)82-6)58(74-54)26-40-22-50(72)44(30-48(40)70)52-10-8-12-60(76-52)84-32-38-14-18-42(66)28-46(38)68/h7-24,27-30H,25-26,31-34H2,1-6H3. The molecule has 0 aliphatic carbocycles. The molecule has 0 N–H and O–H groups in total. The molecule has 10 rings (SSSR count). The minimum atomic E-state index is -1.00. The van der Waals surface area contributed by atoms with Gasteiger partial charge in [0.25, 0.3) is 0 Å². The van der Waals surface area contributed by atoms with E-state index >= 15 is 17.6 Å². The molecule has 6 aromatic carbocycles. The number of esters is 2. The van der Waals surface area contributed by atoms with Crippen LogP contribution < -0.4 is 9.47 Å². The number of methoxy groups -OCH3 is 2. The predicted molar refractivity (Wildman–Crippen MR) is 308 cm³/mol. The topological polar surface area (TPSA) is 142 Å². The lowest BCUT2D eigenvalue weighted by atomic mass is 10.0. The van der Waals surface area contributed by atoms with Gasteiger partial charge in [-0.3, -0.25) is 0 Å². The maximum absolute atomic E-state index is 16.1. The predicted octanol–water partition coefficient (Wildman–Crippen LogP) is 14.8. The van der Waals surface area contributed by atoms with Crippen molar-refractivity contribution in [3.63, 3.8) is 0 Å². The molecule has 10 aromatic rings. The number of fused-ring (bicyclic) bond motifs is 2. The first-order valence-corrected chi connectivity index (χ1v) is 27.2. The summed E-state index contributed by atoms with van der Waals surface area (Å²) in [5, 5.41) is 0.444. The average molecular weight is 1200 g/mol. The molecule has 0 aliphatic rings. The van der Waals surface area contributed by atoms with Gasteiger partial charge in [0.15, 0.2) is 0 Å². The van der Waals surface area contributed by atoms with Gasteiger partial charge in [-0.25, -0.2) is 55.9 Å². The Kier molecular flexibility index (Phi) is 17.2. The Morgan fingerprint density at radius 2 is 0.871 bits per heavy atom. The number of pyridine rings is 2. The summed E-state index contributed by atoms with van der Waals surface area (Å²) in [7, 11) is 3.03. The number of benzene rings is 6. The fourth-order valence-corrected chi connectivity index (χ4v) is 9.68. The molecule has 0 radical (unpaired) electrons. The maximum atomic E-state index is 16.1. The van der Waals surface area contributed by atoms with Crippen LogP contribution in [-0.2, 0) is 53.4 Å². The lowest BCUT2D eigenvalue weighted by Gasteiger charge is -2.25. The summed E-state index contributed by atoms with van der Waals surface area (Å²) >= 11 is 11.7. The van der Waals surface area contributed by atoms with Crippen LogP contribution in [0.2, 0.25) is 10.0 Å². The van der Waals surface area contributed by atoms with Gasteiger partial charge >= 0.3 is 11.9 Å². The normalized spacial score (nSPS) is 11.9. The van der Waals surface area contributed by atoms with Gasteiger partial charge in [0.2, 0.25) is 11.8 Å². The second-order valence-corrected chi connectivity index (χ2v) is 22.1. The summed E-state index contributed by atoms with van der Waals surface area (Å²) in [5.41, 5.74) is 0.112. The summed E-state index contributed by atoms with van der Waals surface area (Å²) in [4.78, 5) is 46.0. The third-order valence-corrected chi connectivity index (χ3v) is 14.7. The minimum absolute atomic E-state index is 0.0273. The molecule has 0 fully saturated rings. The van der Waals surface area contributed by atoms with Crippen LogP contribution in [0.5, 0.6) is 11.8 Å². The SMILES string of the molecule is COC(C)(C)Cn1c(Cc2cc(F)c(-c3cccc(OCc4ccc(Cl)cc4F)n3)cc2F)nc2ccc(C(=O)OC(=O)c3ccc4nc(Cc5cc(F)c(-c6cccc(OCc7ccc(Cl)cc7F)n6)cc5F)n(CC(C)(C)OC)c4c3)cc21. The van der Waals surface area contributed by atoms with Gasteiger partial charge < -0.3 is 32.8 Å². The Morgan fingerprint density at radius 3 is 1.26 bits per heavy atom. The molecule has 436 valence electrons. The van der Waals surface area contributed by atoms with E-state index < -0.39 is 58.0 Å². The smallest absolute Gasteiger partial charge is 0.346 e. The molecule has 0 atom stereocenters. The van der Waals surface area contributed by atoms with Crippen molar-refractivity contribution >= 4 is 57.2 Å². The first-order chi connectivity index (χ1) is 40.5. The number of carbonyl (C=O) groups excluding carboxylic acids is 2. The highest BCUT2D eigenvalue weighted by Crippen LogP contribution is 2.33. The van der Waals surface area contributed by atoms with Crippen LogP contribution in [0.4, 0.5) is 26.3 Å². The number of nitrogens with zero attached hydrogens (tertiary/aromatic N) is 6. The summed E-state index contributed by atoms with van der Waals surface area (Å²) in [5.74, 6) is -5.53. The lowest BCUT2D eigenvalue weighted by molar-refractivity contribution is 0.00823. The van der Waals surface area contributed by atoms with Crippen LogP contribution >= 0.6 is 23.2 Å². The van der Waals surface area contributed by atoms with E-state index in [-0.39, 0.29) is 117 Å². The molecule has 0 saturated carbocycles. The summed E-state index contributed by atoms with van der Waals surface area (Å²) in [6.07, 6.45) is -0.386. The Morgan fingerprint density at radius 1 is 0.471 bits per heavy atom. The summed E-state index contributed by atoms with van der Waals surface area (Å²) in [6.45, 7) is 7.18. The quantitative estimate of drug-likeness (QED) is 0.0409. The van der Waals surface area contributed by atoms with Gasteiger partial charge in [0.1, 0.15) is 59.8 Å². The van der Waals surface area contributed by atoms with Crippen LogP contribution in [0.15, 0.2) is 133 Å². The number of halogens is 8. The third kappa shape index (κ3) is 13.5. The number of hydrogen-bond acceptors (Lipinski definition) is 11. The molecule has 0 unspecified atom stereocenters. The zero-order valence-corrected chi connectivity index (χ0v) is 48.0. The highest BCUT2D eigenvalue weighted by atomic mass is 35.5. The van der Waals surface area contributed by atoms with E-state index in [4.69, 9.17) is 56.9 Å². The van der Waals surface area contributed by atoms with E-state index in [9.17, 15) is 18.4 Å². The number of imidazole rings is 2. The average Bonchev–Trinajstić information content (AvgIpc) is 3.32. The van der Waals surface area contributed by atoms with Crippen LogP contribution in [0.1, 0.15) is 82.3 Å². The van der Waals surface area contributed by atoms with Crippen LogP contribution in [0.25, 0.3) is 44.6 Å². The van der Waals surface area contributed by atoms with Gasteiger partial charge in [-0.05, 0) is 136 Å². The Labute approximate surface area is 493 Å². The molecule has 4 aromatic heterocycles. The van der Waals surface area contributed by atoms with E-state index in [0.29, 0.717) is 33.7 Å². The molecule has 0 aliphatic heterocycles. The Balaban J connectivity index is 0.875. The van der Waals surface area contributed by atoms with Crippen molar-refractivity contribution in [2.75, 3.05) is 14.2 Å². The van der Waals surface area contributed by atoms with Crippen molar-refractivity contribution in [1.82, 2.24) is 29.1 Å². The van der Waals surface area contributed by atoms with Gasteiger partial charge in [0, 0.05) is 71.5 Å². The number of rotatable bonds is 20. The summed E-state index contributed by atoms with van der Waals surface area (Å²) < 4.78 is 125. The van der Waals surface area contributed by atoms with Crippen molar-refractivity contribution in [2.45, 2.75) is 78.0 Å². The fraction of sp³-hybridized carbons (Fsp3) is 0.219. The van der Waals surface area contributed by atoms with E-state index in [2.05, 4.69) is 9.97 Å². The van der Waals surface area contributed by atoms with Gasteiger partial charge in [-0.15, -0.1) is 0 Å². The molecule has 85 heavy (non-hydrogen) atoms. The largest absolute Gasteiger partial charge is 0.473 e. The molecule has 0 amide bonds. The monoisotopic (exact) mass is 1200 g/mol. The second-order valence-electron chi connectivity index (χ2n) is 21.2. The molecule has 0 bridgehead atoms. The number of hydrogen-bond donors (Lipinski definition) is 0. The highest BCUT2D eigenvalue weighted by Gasteiger charge is 2.28. The Hall–Kier alpha value is -8.62. The van der Waals surface area contributed by atoms with Crippen molar-refractivity contribution in [1.29, 1.82) is 0 Å². The minimum Gasteiger partial charge on any atom is -0.473 e. The molecule has 0 spiro atoms. The van der Waals surface area contributed by atoms with Gasteiger partial charge in [-0.2, -0.15) is 0 Å². The first-order valence-electron chi connectivity index (χ1n) is 26.4. The highest BCUT2D eigenvalue weighted by molar-refractivity contribution is 6.30. The zero-order valence-electron chi connectivity index (χ0n) is 46.5. The third-order valence-electron chi connectivity index (χ3n) is 14.2. The van der Waals surface area contributed by atoms with Gasteiger partial charge in [0.05, 0.1) is 68.9 Å². The lowest BCUT2D eigenvalue weighted by Crippen LogP contribution is -2.30. The number of carbonyl (C=O) groups is 2. The molecule has 4 heterocycles. The second kappa shape index (κ2) is 24.5. The molecular weight excluding hydrogens is 1150 g/mol. The molecule has 21 heteroatoms. The first kappa shape index (κ1) is 59.5. The Bertz CT molecular complexity index is 3960. The van der Waals surface area contributed by atoms with Crippen LogP contribution in [0, 0.1) is 34.9 Å². The van der Waals surface area contributed by atoms with E-state index in [1.165, 1.54) is 87.0 Å². The van der Waals surface area contributed by atoms with E-state index in [1.54, 1.807) is 33.4 Å². The fourth-order valence-electron chi connectivity index (χ4n) is 9.37. The van der Waals surface area contributed by atoms with Crippen molar-refractivity contribution in [3.8, 4) is 34.3 Å².